The van der Waals surface area contributed by atoms with Gasteiger partial charge in [-0.3, -0.25) is 0 Å². The fourth-order valence-corrected chi connectivity index (χ4v) is 1.03. The fourth-order valence-electron chi connectivity index (χ4n) is 1.03. The van der Waals surface area contributed by atoms with Gasteiger partial charge in [0.2, 0.25) is 0 Å². The smallest absolute Gasteiger partial charge is 0.414 e. The second-order valence-corrected chi connectivity index (χ2v) is 3.44. The molecule has 0 aliphatic rings. The second kappa shape index (κ2) is 5.20. The van der Waals surface area contributed by atoms with E-state index in [1.165, 1.54) is 44.3 Å². The number of hydrogen-bond donors (Lipinski definition) is 1. The minimum atomic E-state index is -0.651. The molecule has 0 fully saturated rings. The molecular weight excluding hydrogens is 226 g/mol. The first kappa shape index (κ1) is 12.8. The molecule has 0 bridgehead atoms. The zero-order valence-electron chi connectivity index (χ0n) is 9.76. The molecule has 6 nitrogen and oxygen atoms in total. The largest absolute Gasteiger partial charge is 0.504 e. The molecule has 1 aromatic rings. The summed E-state index contributed by atoms with van der Waals surface area (Å²) in [6, 6.07) is 3.86. The minimum Gasteiger partial charge on any atom is -0.504 e. The van der Waals surface area contributed by atoms with Crippen LogP contribution in [0.4, 0.5) is 4.79 Å². The average Bonchev–Trinajstić information content (AvgIpc) is 2.30. The number of aromatic hydroxyl groups is 1. The van der Waals surface area contributed by atoms with Gasteiger partial charge in [-0.05, 0) is 18.2 Å². The van der Waals surface area contributed by atoms with Crippen molar-refractivity contribution in [2.75, 3.05) is 21.2 Å². The van der Waals surface area contributed by atoms with E-state index >= 15 is 0 Å². The summed E-state index contributed by atoms with van der Waals surface area (Å²) in [6.45, 7) is 0. The van der Waals surface area contributed by atoms with E-state index in [2.05, 4.69) is 4.74 Å². The van der Waals surface area contributed by atoms with E-state index in [0.717, 1.165) is 0 Å². The fraction of sp³-hybridized carbons (Fsp3) is 0.273. The van der Waals surface area contributed by atoms with E-state index in [1.807, 2.05) is 0 Å². The Morgan fingerprint density at radius 3 is 2.47 bits per heavy atom. The highest BCUT2D eigenvalue weighted by Gasteiger charge is 2.14. The Balaban J connectivity index is 2.99. The number of phenolic OH excluding ortho intramolecular Hbond substituents is 1. The van der Waals surface area contributed by atoms with Gasteiger partial charge in [-0.1, -0.05) is 0 Å². The number of rotatable bonds is 2. The predicted octanol–water partition coefficient (Wildman–Crippen LogP) is 1.24. The first-order valence-corrected chi connectivity index (χ1v) is 4.76. The monoisotopic (exact) mass is 239 g/mol. The van der Waals surface area contributed by atoms with E-state index in [9.17, 15) is 14.7 Å². The SMILES string of the molecule is COC(=O)c1ccc(O)c(OC(=O)N(C)C)c1. The van der Waals surface area contributed by atoms with Crippen LogP contribution in [0, 0.1) is 0 Å². The normalized spacial score (nSPS) is 9.59. The Kier molecular flexibility index (Phi) is 3.92. The molecule has 17 heavy (non-hydrogen) atoms. The van der Waals surface area contributed by atoms with Gasteiger partial charge in [-0.25, -0.2) is 9.59 Å². The van der Waals surface area contributed by atoms with E-state index in [1.54, 1.807) is 0 Å². The van der Waals surface area contributed by atoms with E-state index < -0.39 is 12.1 Å². The van der Waals surface area contributed by atoms with E-state index in [-0.39, 0.29) is 17.1 Å². The summed E-state index contributed by atoms with van der Waals surface area (Å²) in [5, 5.41) is 9.47. The van der Waals surface area contributed by atoms with Crippen LogP contribution >= 0.6 is 0 Å². The number of hydrogen-bond acceptors (Lipinski definition) is 5. The number of amides is 1. The molecule has 6 heteroatoms. The molecule has 1 N–H and O–H groups in total. The van der Waals surface area contributed by atoms with Crippen LogP contribution < -0.4 is 4.74 Å². The van der Waals surface area contributed by atoms with E-state index in [0.29, 0.717) is 0 Å². The van der Waals surface area contributed by atoms with Gasteiger partial charge in [0.25, 0.3) is 0 Å². The van der Waals surface area contributed by atoms with E-state index in [4.69, 9.17) is 4.74 Å². The third-order valence-corrected chi connectivity index (χ3v) is 1.94. The summed E-state index contributed by atoms with van der Waals surface area (Å²) in [4.78, 5) is 23.7. The lowest BCUT2D eigenvalue weighted by molar-refractivity contribution is 0.0600. The van der Waals surface area contributed by atoms with Crippen LogP contribution in [-0.4, -0.2) is 43.3 Å². The Morgan fingerprint density at radius 1 is 1.29 bits per heavy atom. The van der Waals surface area contributed by atoms with Crippen LogP contribution in [0.25, 0.3) is 0 Å². The number of esters is 1. The van der Waals surface area contributed by atoms with Gasteiger partial charge in [-0.2, -0.15) is 0 Å². The summed E-state index contributed by atoms with van der Waals surface area (Å²) >= 11 is 0. The summed E-state index contributed by atoms with van der Waals surface area (Å²) in [6.07, 6.45) is -0.651. The first-order chi connectivity index (χ1) is 7.95. The lowest BCUT2D eigenvalue weighted by Gasteiger charge is -2.12. The molecule has 0 spiro atoms. The van der Waals surface area contributed by atoms with Gasteiger partial charge >= 0.3 is 12.1 Å². The van der Waals surface area contributed by atoms with Gasteiger partial charge in [0.05, 0.1) is 12.7 Å². The van der Waals surface area contributed by atoms with Gasteiger partial charge < -0.3 is 19.5 Å². The van der Waals surface area contributed by atoms with Crippen molar-refractivity contribution in [1.82, 2.24) is 4.90 Å². The first-order valence-electron chi connectivity index (χ1n) is 4.76. The molecular formula is C11H13NO5. The van der Waals surface area contributed by atoms with Crippen molar-refractivity contribution in [2.45, 2.75) is 0 Å². The zero-order chi connectivity index (χ0) is 13.0. The molecule has 0 radical (unpaired) electrons. The number of nitrogens with zero attached hydrogens (tertiary/aromatic N) is 1. The van der Waals surface area contributed by atoms with Gasteiger partial charge in [0.1, 0.15) is 0 Å². The van der Waals surface area contributed by atoms with Crippen molar-refractivity contribution in [3.8, 4) is 11.5 Å². The highest BCUT2D eigenvalue weighted by molar-refractivity contribution is 5.90. The van der Waals surface area contributed by atoms with Crippen molar-refractivity contribution in [3.05, 3.63) is 23.8 Å². The summed E-state index contributed by atoms with van der Waals surface area (Å²) < 4.78 is 9.38. The van der Waals surface area contributed by atoms with Gasteiger partial charge in [0.15, 0.2) is 11.5 Å². The van der Waals surface area contributed by atoms with Crippen molar-refractivity contribution in [2.24, 2.45) is 0 Å². The maximum Gasteiger partial charge on any atom is 0.414 e. The second-order valence-electron chi connectivity index (χ2n) is 3.44. The summed E-state index contributed by atoms with van der Waals surface area (Å²) in [7, 11) is 4.24. The zero-order valence-corrected chi connectivity index (χ0v) is 9.76. The molecule has 0 atom stereocenters. The number of carbonyl (C=O) groups excluding carboxylic acids is 2. The molecule has 0 aliphatic heterocycles. The third-order valence-electron chi connectivity index (χ3n) is 1.94. The summed E-state index contributed by atoms with van der Waals surface area (Å²) in [5.41, 5.74) is 0.187. The Labute approximate surface area is 98.4 Å². The molecule has 0 aliphatic carbocycles. The van der Waals surface area contributed by atoms with Crippen molar-refractivity contribution in [3.63, 3.8) is 0 Å². The molecule has 0 heterocycles. The summed E-state index contributed by atoms with van der Waals surface area (Å²) in [5.74, 6) is -0.897. The van der Waals surface area contributed by atoms with Crippen LogP contribution in [0.3, 0.4) is 0 Å². The minimum absolute atomic E-state index is 0.0911. The lowest BCUT2D eigenvalue weighted by atomic mass is 10.2. The van der Waals surface area contributed by atoms with Crippen LogP contribution in [0.2, 0.25) is 0 Å². The van der Waals surface area contributed by atoms with Crippen molar-refractivity contribution in [1.29, 1.82) is 0 Å². The van der Waals surface area contributed by atoms with Crippen LogP contribution in [0.15, 0.2) is 18.2 Å². The van der Waals surface area contributed by atoms with Crippen LogP contribution in [0.1, 0.15) is 10.4 Å². The van der Waals surface area contributed by atoms with Crippen LogP contribution in [-0.2, 0) is 4.74 Å². The van der Waals surface area contributed by atoms with Crippen LogP contribution in [0.5, 0.6) is 11.5 Å². The molecule has 1 rings (SSSR count). The number of methoxy groups -OCH3 is 1. The van der Waals surface area contributed by atoms with Gasteiger partial charge in [0, 0.05) is 14.1 Å². The van der Waals surface area contributed by atoms with Crippen molar-refractivity contribution >= 4 is 12.1 Å². The van der Waals surface area contributed by atoms with Gasteiger partial charge in [-0.15, -0.1) is 0 Å². The molecule has 92 valence electrons. The topological polar surface area (TPSA) is 76.1 Å². The number of benzene rings is 1. The molecule has 1 amide bonds. The molecule has 0 aromatic heterocycles. The number of ether oxygens (including phenoxy) is 2. The standard InChI is InChI=1S/C11H13NO5/c1-12(2)11(15)17-9-6-7(10(14)16-3)4-5-8(9)13/h4-6,13H,1-3H3. The number of phenols is 1. The highest BCUT2D eigenvalue weighted by Crippen LogP contribution is 2.27. The number of carbonyl (C=O) groups is 2. The predicted molar refractivity (Wildman–Crippen MR) is 59.2 cm³/mol. The maximum atomic E-state index is 11.3. The molecule has 1 aromatic carbocycles. The Morgan fingerprint density at radius 2 is 1.94 bits per heavy atom. The quantitative estimate of drug-likeness (QED) is 0.786. The van der Waals surface area contributed by atoms with Crippen molar-refractivity contribution < 1.29 is 24.2 Å². The average molecular weight is 239 g/mol. The molecule has 0 unspecified atom stereocenters. The Bertz CT molecular complexity index is 441. The maximum absolute atomic E-state index is 11.3. The third kappa shape index (κ3) is 3.10. The molecule has 0 saturated heterocycles. The highest BCUT2D eigenvalue weighted by atomic mass is 16.6. The Hall–Kier alpha value is -2.24. The molecule has 0 saturated carbocycles. The lowest BCUT2D eigenvalue weighted by Crippen LogP contribution is -2.25.